The number of nitriles is 1. The molecule has 4 heteroatoms. The molecule has 1 saturated heterocycles. The molecule has 3 rings (SSSR count). The van der Waals surface area contributed by atoms with E-state index in [9.17, 15) is 4.79 Å². The van der Waals surface area contributed by atoms with E-state index in [1.165, 1.54) is 5.69 Å². The Morgan fingerprint density at radius 3 is 2.43 bits per heavy atom. The fourth-order valence-electron chi connectivity index (χ4n) is 3.45. The summed E-state index contributed by atoms with van der Waals surface area (Å²) in [7, 11) is 0. The Kier molecular flexibility index (Phi) is 4.10. The van der Waals surface area contributed by atoms with Crippen molar-refractivity contribution in [2.24, 2.45) is 11.8 Å². The maximum absolute atomic E-state index is 12.4. The molecule has 0 radical (unpaired) electrons. The third kappa shape index (κ3) is 3.02. The lowest BCUT2D eigenvalue weighted by Crippen LogP contribution is -2.46. The van der Waals surface area contributed by atoms with Gasteiger partial charge in [0, 0.05) is 36.7 Å². The number of nitrogens with one attached hydrogen (secondary N) is 1. The lowest BCUT2D eigenvalue weighted by atomic mass is 9.72. The zero-order valence-electron chi connectivity index (χ0n) is 12.2. The first-order valence-electron chi connectivity index (χ1n) is 7.76. The Balaban J connectivity index is 1.48. The molecular formula is C17H21N3O. The zero-order chi connectivity index (χ0) is 14.7. The van der Waals surface area contributed by atoms with Crippen molar-refractivity contribution in [3.05, 3.63) is 30.3 Å². The molecule has 1 aliphatic heterocycles. The van der Waals surface area contributed by atoms with E-state index in [1.807, 2.05) is 12.3 Å². The van der Waals surface area contributed by atoms with Gasteiger partial charge in [0.1, 0.15) is 5.78 Å². The fraction of sp³-hybridized carbons (Fsp3) is 0.529. The molecule has 0 aromatic heterocycles. The normalized spacial score (nSPS) is 25.8. The van der Waals surface area contributed by atoms with Gasteiger partial charge >= 0.3 is 0 Å². The van der Waals surface area contributed by atoms with Crippen LogP contribution in [0.4, 0.5) is 5.69 Å². The van der Waals surface area contributed by atoms with Gasteiger partial charge < -0.3 is 10.2 Å². The summed E-state index contributed by atoms with van der Waals surface area (Å²) in [6.07, 6.45) is 5.56. The van der Waals surface area contributed by atoms with Crippen molar-refractivity contribution in [2.45, 2.75) is 31.7 Å². The van der Waals surface area contributed by atoms with E-state index in [0.717, 1.165) is 38.8 Å². The van der Waals surface area contributed by atoms with Crippen LogP contribution < -0.4 is 10.2 Å². The fourth-order valence-corrected chi connectivity index (χ4v) is 3.45. The number of hydrogen-bond donors (Lipinski definition) is 1. The Labute approximate surface area is 125 Å². The van der Waals surface area contributed by atoms with Gasteiger partial charge in [0.05, 0.1) is 0 Å². The smallest absolute Gasteiger partial charge is 0.176 e. The Morgan fingerprint density at radius 1 is 1.14 bits per heavy atom. The predicted octanol–water partition coefficient (Wildman–Crippen LogP) is 2.32. The average molecular weight is 283 g/mol. The van der Waals surface area contributed by atoms with Crippen LogP contribution in [0, 0.1) is 23.3 Å². The van der Waals surface area contributed by atoms with Crippen LogP contribution in [-0.2, 0) is 4.79 Å². The maximum Gasteiger partial charge on any atom is 0.176 e. The van der Waals surface area contributed by atoms with Crippen molar-refractivity contribution < 1.29 is 4.79 Å². The minimum Gasteiger partial charge on any atom is -0.371 e. The predicted molar refractivity (Wildman–Crippen MR) is 81.6 cm³/mol. The summed E-state index contributed by atoms with van der Waals surface area (Å²) in [5, 5.41) is 11.3. The molecule has 1 aromatic carbocycles. The van der Waals surface area contributed by atoms with E-state index in [-0.39, 0.29) is 17.9 Å². The second kappa shape index (κ2) is 6.17. The van der Waals surface area contributed by atoms with E-state index in [4.69, 9.17) is 5.26 Å². The summed E-state index contributed by atoms with van der Waals surface area (Å²) >= 11 is 0. The molecule has 1 N–H and O–H groups in total. The maximum atomic E-state index is 12.4. The number of hydrogen-bond acceptors (Lipinski definition) is 4. The second-order valence-corrected chi connectivity index (χ2v) is 6.12. The quantitative estimate of drug-likeness (QED) is 0.680. The minimum atomic E-state index is 0.184. The first-order valence-corrected chi connectivity index (χ1v) is 7.76. The topological polar surface area (TPSA) is 56.1 Å². The summed E-state index contributed by atoms with van der Waals surface area (Å²) in [6.45, 7) is 1.93. The number of ketones is 1. The van der Waals surface area contributed by atoms with E-state index in [1.54, 1.807) is 0 Å². The number of carbonyl (C=O) groups is 1. The van der Waals surface area contributed by atoms with Gasteiger partial charge in [0.25, 0.3) is 0 Å². The number of rotatable bonds is 4. The van der Waals surface area contributed by atoms with Crippen LogP contribution in [0.1, 0.15) is 25.7 Å². The molecule has 0 unspecified atom stereocenters. The number of para-hydroxylation sites is 1. The highest BCUT2D eigenvalue weighted by atomic mass is 16.1. The average Bonchev–Trinajstić information content (AvgIpc) is 2.51. The first-order chi connectivity index (χ1) is 10.3. The van der Waals surface area contributed by atoms with Crippen molar-refractivity contribution in [3.8, 4) is 6.19 Å². The van der Waals surface area contributed by atoms with Crippen molar-refractivity contribution >= 4 is 11.5 Å². The van der Waals surface area contributed by atoms with Crippen LogP contribution in [-0.4, -0.2) is 24.9 Å². The van der Waals surface area contributed by atoms with Gasteiger partial charge in [-0.25, -0.2) is 0 Å². The molecule has 0 amide bonds. The molecule has 110 valence electrons. The summed E-state index contributed by atoms with van der Waals surface area (Å²) in [4.78, 5) is 14.8. The van der Waals surface area contributed by atoms with Gasteiger partial charge in [-0.3, -0.25) is 4.79 Å². The molecule has 1 aliphatic carbocycles. The van der Waals surface area contributed by atoms with Crippen molar-refractivity contribution in [3.63, 3.8) is 0 Å². The highest BCUT2D eigenvalue weighted by molar-refractivity contribution is 5.84. The van der Waals surface area contributed by atoms with Gasteiger partial charge in [0.2, 0.25) is 0 Å². The van der Waals surface area contributed by atoms with Gasteiger partial charge in [-0.05, 0) is 37.8 Å². The molecule has 0 atom stereocenters. The van der Waals surface area contributed by atoms with Crippen molar-refractivity contribution in [1.29, 1.82) is 5.26 Å². The molecule has 1 saturated carbocycles. The van der Waals surface area contributed by atoms with Crippen LogP contribution in [0.2, 0.25) is 0 Å². The van der Waals surface area contributed by atoms with Crippen molar-refractivity contribution in [2.75, 3.05) is 18.0 Å². The number of nitrogens with zero attached hydrogens (tertiary/aromatic N) is 2. The largest absolute Gasteiger partial charge is 0.371 e. The van der Waals surface area contributed by atoms with Crippen LogP contribution in [0.15, 0.2) is 30.3 Å². The first kappa shape index (κ1) is 13.9. The lowest BCUT2D eigenvalue weighted by Gasteiger charge is -2.38. The lowest BCUT2D eigenvalue weighted by molar-refractivity contribution is -0.130. The van der Waals surface area contributed by atoms with E-state index in [0.29, 0.717) is 5.78 Å². The number of Topliss-reactive ketones (excluding diaryl/α,β-unsaturated/α-hetero) is 1. The molecule has 2 aliphatic rings. The van der Waals surface area contributed by atoms with Gasteiger partial charge in [-0.15, -0.1) is 0 Å². The van der Waals surface area contributed by atoms with Gasteiger partial charge in [0.15, 0.2) is 6.19 Å². The van der Waals surface area contributed by atoms with Crippen LogP contribution in [0.25, 0.3) is 0 Å². The zero-order valence-corrected chi connectivity index (χ0v) is 12.2. The van der Waals surface area contributed by atoms with E-state index < -0.39 is 0 Å². The Bertz CT molecular complexity index is 523. The third-order valence-electron chi connectivity index (χ3n) is 4.83. The highest BCUT2D eigenvalue weighted by Crippen LogP contribution is 2.34. The molecule has 1 heterocycles. The van der Waals surface area contributed by atoms with E-state index in [2.05, 4.69) is 34.5 Å². The van der Waals surface area contributed by atoms with Crippen LogP contribution >= 0.6 is 0 Å². The Hall–Kier alpha value is -2.02. The molecule has 0 spiro atoms. The number of anilines is 1. The molecule has 21 heavy (non-hydrogen) atoms. The second-order valence-electron chi connectivity index (χ2n) is 6.12. The van der Waals surface area contributed by atoms with Gasteiger partial charge in [-0.1, -0.05) is 18.2 Å². The Morgan fingerprint density at radius 2 is 1.81 bits per heavy atom. The molecule has 4 nitrogen and oxygen atoms in total. The highest BCUT2D eigenvalue weighted by Gasteiger charge is 2.38. The SMILES string of the molecule is N#CN[C@H]1C[C@@H](C(=O)C2CCN(c3ccccc3)CC2)C1. The molecule has 2 fully saturated rings. The van der Waals surface area contributed by atoms with Gasteiger partial charge in [-0.2, -0.15) is 5.26 Å². The molecule has 1 aromatic rings. The molecule has 0 bridgehead atoms. The summed E-state index contributed by atoms with van der Waals surface area (Å²) in [5.41, 5.74) is 1.25. The van der Waals surface area contributed by atoms with Crippen molar-refractivity contribution in [1.82, 2.24) is 5.32 Å². The number of benzene rings is 1. The molecular weight excluding hydrogens is 262 g/mol. The number of piperidine rings is 1. The van der Waals surface area contributed by atoms with Crippen LogP contribution in [0.5, 0.6) is 0 Å². The summed E-state index contributed by atoms with van der Waals surface area (Å²) in [5.74, 6) is 0.834. The van der Waals surface area contributed by atoms with E-state index >= 15 is 0 Å². The summed E-state index contributed by atoms with van der Waals surface area (Å²) in [6, 6.07) is 10.6. The minimum absolute atomic E-state index is 0.184. The third-order valence-corrected chi connectivity index (χ3v) is 4.83. The standard InChI is InChI=1S/C17H21N3O/c18-12-19-15-10-14(11-15)17(21)13-6-8-20(9-7-13)16-4-2-1-3-5-16/h1-5,13-15,19H,6-11H2/t14-,15+. The monoisotopic (exact) mass is 283 g/mol. The number of carbonyl (C=O) groups excluding carboxylic acids is 1. The van der Waals surface area contributed by atoms with Crippen LogP contribution in [0.3, 0.4) is 0 Å². The summed E-state index contributed by atoms with van der Waals surface area (Å²) < 4.78 is 0.